The molecule has 0 spiro atoms. The number of nitrogens with one attached hydrogen (secondary N) is 2. The number of rotatable bonds is 12. The van der Waals surface area contributed by atoms with E-state index < -0.39 is 18.3 Å². The van der Waals surface area contributed by atoms with Gasteiger partial charge in [-0.3, -0.25) is 4.79 Å². The number of nitrogens with zero attached hydrogens (tertiary/aromatic N) is 2. The third-order valence-electron chi connectivity index (χ3n) is 7.87. The van der Waals surface area contributed by atoms with E-state index in [1.54, 1.807) is 24.9 Å². The number of carbonyl (C=O) groups is 2. The molecule has 1 aliphatic heterocycles. The molecule has 0 aliphatic carbocycles. The van der Waals surface area contributed by atoms with Crippen molar-refractivity contribution in [2.45, 2.75) is 50.7 Å². The Balaban J connectivity index is 1.28. The first-order valence-corrected chi connectivity index (χ1v) is 16.3. The van der Waals surface area contributed by atoms with Crippen molar-refractivity contribution in [1.29, 1.82) is 0 Å². The van der Waals surface area contributed by atoms with Crippen LogP contribution in [0.4, 0.5) is 4.79 Å². The predicted molar refractivity (Wildman–Crippen MR) is 176 cm³/mol. The third-order valence-corrected chi connectivity index (χ3v) is 9.02. The van der Waals surface area contributed by atoms with Crippen LogP contribution in [0.1, 0.15) is 48.5 Å². The van der Waals surface area contributed by atoms with Crippen LogP contribution in [0, 0.1) is 5.92 Å². The number of aromatic nitrogens is 2. The number of thioether (sulfide) groups is 1. The lowest BCUT2D eigenvalue weighted by atomic mass is 9.91. The van der Waals surface area contributed by atoms with Crippen LogP contribution >= 0.6 is 11.8 Å². The van der Waals surface area contributed by atoms with Crippen molar-refractivity contribution in [2.24, 2.45) is 13.0 Å². The summed E-state index contributed by atoms with van der Waals surface area (Å²) in [7, 11) is 1.98. The number of aryl methyl sites for hydroxylation is 1. The predicted octanol–water partition coefficient (Wildman–Crippen LogP) is 5.53. The lowest BCUT2D eigenvalue weighted by molar-refractivity contribution is -0.268. The normalized spacial score (nSPS) is 19.4. The Bertz CT molecular complexity index is 1590. The van der Waals surface area contributed by atoms with E-state index in [1.165, 1.54) is 0 Å². The van der Waals surface area contributed by atoms with E-state index in [0.29, 0.717) is 6.54 Å². The Hall–Kier alpha value is -4.16. The minimum Gasteiger partial charge on any atom is -0.465 e. The number of hydrogen-bond donors (Lipinski definition) is 3. The van der Waals surface area contributed by atoms with Crippen molar-refractivity contribution in [3.63, 3.8) is 0 Å². The molecule has 1 aromatic heterocycles. The molecule has 242 valence electrons. The van der Waals surface area contributed by atoms with Gasteiger partial charge in [0, 0.05) is 43.2 Å². The third kappa shape index (κ3) is 8.55. The molecular formula is C35H40N4O6S. The molecule has 4 atom stereocenters. The van der Waals surface area contributed by atoms with Crippen LogP contribution in [0.2, 0.25) is 0 Å². The van der Waals surface area contributed by atoms with Crippen LogP contribution in [0.3, 0.4) is 0 Å². The fourth-order valence-corrected chi connectivity index (χ4v) is 6.36. The highest BCUT2D eigenvalue weighted by molar-refractivity contribution is 7.99. The molecule has 1 saturated heterocycles. The fourth-order valence-electron chi connectivity index (χ4n) is 5.26. The van der Waals surface area contributed by atoms with Gasteiger partial charge in [-0.05, 0) is 40.8 Å². The minimum absolute atomic E-state index is 0.00571. The zero-order valence-corrected chi connectivity index (χ0v) is 27.0. The smallest absolute Gasteiger partial charge is 0.325 e. The number of benzene rings is 3. The quantitative estimate of drug-likeness (QED) is 0.136. The summed E-state index contributed by atoms with van der Waals surface area (Å²) < 4.78 is 20.0. The number of esters is 1. The number of aliphatic hydroxyl groups is 1. The Morgan fingerprint density at radius 1 is 0.978 bits per heavy atom. The standard InChI is InChI=1S/C35H40N4O6S/c1-4-43-31(41)20-38-34(42)37-19-25-6-5-7-29(18-25)26-12-14-28(15-13-26)33-44-30(22-46-35-36-16-17-39(35)3)23(2)32(45-33)27-10-8-24(21-40)9-11-27/h5-18,23,30,32-33,40H,4,19-22H2,1-3H3,(H2,37,38,42)/t23-,30+,32+,33+/m0/s1. The van der Waals surface area contributed by atoms with E-state index in [1.807, 2.05) is 90.6 Å². The molecular weight excluding hydrogens is 604 g/mol. The molecule has 3 N–H and O–H groups in total. The lowest BCUT2D eigenvalue weighted by Crippen LogP contribution is -2.38. The van der Waals surface area contributed by atoms with Crippen LogP contribution < -0.4 is 10.6 Å². The molecule has 1 aliphatic rings. The summed E-state index contributed by atoms with van der Waals surface area (Å²) in [5.41, 5.74) is 5.75. The molecule has 0 saturated carbocycles. The largest absolute Gasteiger partial charge is 0.465 e. The van der Waals surface area contributed by atoms with Crippen molar-refractivity contribution >= 4 is 23.8 Å². The van der Waals surface area contributed by atoms with E-state index in [-0.39, 0.29) is 37.9 Å². The molecule has 11 heteroatoms. The van der Waals surface area contributed by atoms with Crippen LogP contribution in [0.25, 0.3) is 11.1 Å². The van der Waals surface area contributed by atoms with Gasteiger partial charge < -0.3 is 34.5 Å². The van der Waals surface area contributed by atoms with E-state index in [9.17, 15) is 14.7 Å². The minimum atomic E-state index is -0.566. The number of carbonyl (C=O) groups excluding carboxylic acids is 2. The highest BCUT2D eigenvalue weighted by Gasteiger charge is 2.38. The molecule has 2 heterocycles. The number of imidazole rings is 1. The van der Waals surface area contributed by atoms with E-state index >= 15 is 0 Å². The molecule has 1 fully saturated rings. The highest BCUT2D eigenvalue weighted by atomic mass is 32.2. The van der Waals surface area contributed by atoms with Gasteiger partial charge in [-0.2, -0.15) is 0 Å². The molecule has 0 unspecified atom stereocenters. The van der Waals surface area contributed by atoms with Crippen molar-refractivity contribution in [3.05, 3.63) is 107 Å². The van der Waals surface area contributed by atoms with Gasteiger partial charge in [0.05, 0.1) is 25.4 Å². The van der Waals surface area contributed by atoms with Gasteiger partial charge >= 0.3 is 12.0 Å². The summed E-state index contributed by atoms with van der Waals surface area (Å²) in [4.78, 5) is 28.0. The van der Waals surface area contributed by atoms with Gasteiger partial charge in [0.2, 0.25) is 0 Å². The summed E-state index contributed by atoms with van der Waals surface area (Å²) in [5, 5.41) is 15.7. The number of ether oxygens (including phenoxy) is 3. The molecule has 5 rings (SSSR count). The maximum atomic E-state index is 12.1. The highest BCUT2D eigenvalue weighted by Crippen LogP contribution is 2.43. The zero-order valence-electron chi connectivity index (χ0n) is 26.2. The van der Waals surface area contributed by atoms with Crippen LogP contribution in [-0.4, -0.2) is 51.7 Å². The Morgan fingerprint density at radius 3 is 2.43 bits per heavy atom. The zero-order chi connectivity index (χ0) is 32.5. The van der Waals surface area contributed by atoms with Crippen molar-refractivity contribution in [1.82, 2.24) is 20.2 Å². The first-order valence-electron chi connectivity index (χ1n) is 15.3. The topological polar surface area (TPSA) is 124 Å². The van der Waals surface area contributed by atoms with Crippen molar-refractivity contribution < 1.29 is 28.9 Å². The van der Waals surface area contributed by atoms with E-state index in [0.717, 1.165) is 44.3 Å². The van der Waals surface area contributed by atoms with Crippen LogP contribution in [-0.2, 0) is 39.2 Å². The Kier molecular flexibility index (Phi) is 11.5. The molecule has 10 nitrogen and oxygen atoms in total. The van der Waals surface area contributed by atoms with Gasteiger partial charge in [-0.1, -0.05) is 85.4 Å². The Labute approximate surface area is 273 Å². The number of amides is 2. The molecule has 3 aromatic carbocycles. The second kappa shape index (κ2) is 15.9. The van der Waals surface area contributed by atoms with Crippen molar-refractivity contribution in [2.75, 3.05) is 18.9 Å². The molecule has 0 radical (unpaired) electrons. The first kappa shape index (κ1) is 33.2. The van der Waals surface area contributed by atoms with E-state index in [4.69, 9.17) is 14.2 Å². The second-order valence-corrected chi connectivity index (χ2v) is 12.1. The molecule has 0 bridgehead atoms. The van der Waals surface area contributed by atoms with Gasteiger partial charge in [0.25, 0.3) is 0 Å². The van der Waals surface area contributed by atoms with Gasteiger partial charge in [0.15, 0.2) is 11.4 Å². The SMILES string of the molecule is CCOC(=O)CNC(=O)NCc1cccc(-c2ccc([C@@H]3O[C@H](CSc4nccn4C)[C@H](C)[C@H](c4ccc(CO)cc4)O3)cc2)c1. The average Bonchev–Trinajstić information content (AvgIpc) is 3.50. The van der Waals surface area contributed by atoms with Gasteiger partial charge in [-0.25, -0.2) is 9.78 Å². The summed E-state index contributed by atoms with van der Waals surface area (Å²) in [6, 6.07) is 23.5. The Morgan fingerprint density at radius 2 is 1.74 bits per heavy atom. The number of urea groups is 1. The monoisotopic (exact) mass is 644 g/mol. The molecule has 46 heavy (non-hydrogen) atoms. The maximum absolute atomic E-state index is 12.1. The van der Waals surface area contributed by atoms with Crippen molar-refractivity contribution in [3.8, 4) is 11.1 Å². The average molecular weight is 645 g/mol. The van der Waals surface area contributed by atoms with Crippen LogP contribution in [0.15, 0.2) is 90.3 Å². The van der Waals surface area contributed by atoms with Gasteiger partial charge in [0.1, 0.15) is 6.54 Å². The fraction of sp³-hybridized carbons (Fsp3) is 0.343. The molecule has 2 amide bonds. The number of aliphatic hydroxyl groups excluding tert-OH is 1. The number of hydrogen-bond acceptors (Lipinski definition) is 8. The summed E-state index contributed by atoms with van der Waals surface area (Å²) >= 11 is 1.66. The van der Waals surface area contributed by atoms with Gasteiger partial charge in [-0.15, -0.1) is 0 Å². The van der Waals surface area contributed by atoms with E-state index in [2.05, 4.69) is 22.5 Å². The second-order valence-electron chi connectivity index (χ2n) is 11.1. The summed E-state index contributed by atoms with van der Waals surface area (Å²) in [6.07, 6.45) is 2.87. The maximum Gasteiger partial charge on any atom is 0.325 e. The molecule has 4 aromatic rings. The van der Waals surface area contributed by atoms with Crippen LogP contribution in [0.5, 0.6) is 0 Å². The first-order chi connectivity index (χ1) is 22.3. The lowest BCUT2D eigenvalue weighted by Gasteiger charge is -2.41. The summed E-state index contributed by atoms with van der Waals surface area (Å²) in [6.45, 7) is 4.26. The summed E-state index contributed by atoms with van der Waals surface area (Å²) in [5.74, 6) is 0.316.